The van der Waals surface area contributed by atoms with E-state index in [9.17, 15) is 18.0 Å². The van der Waals surface area contributed by atoms with Gasteiger partial charge in [-0.25, -0.2) is 9.78 Å². The van der Waals surface area contributed by atoms with Gasteiger partial charge in [-0.3, -0.25) is 4.98 Å². The number of nitrogens with zero attached hydrogens (tertiary/aromatic N) is 3. The molecule has 1 N–H and O–H groups in total. The van der Waals surface area contributed by atoms with Crippen molar-refractivity contribution in [3.05, 3.63) is 81.9 Å². The Morgan fingerprint density at radius 1 is 1.10 bits per heavy atom. The fraction of sp³-hybridized carbons (Fsp3) is 0.150. The van der Waals surface area contributed by atoms with Gasteiger partial charge in [-0.15, -0.1) is 0 Å². The van der Waals surface area contributed by atoms with Crippen LogP contribution in [0.25, 0.3) is 16.8 Å². The lowest BCUT2D eigenvalue weighted by atomic mass is 10.1. The summed E-state index contributed by atoms with van der Waals surface area (Å²) < 4.78 is 39.9. The first-order valence-electron chi connectivity index (χ1n) is 8.67. The van der Waals surface area contributed by atoms with E-state index < -0.39 is 17.4 Å². The molecule has 4 aromatic rings. The first-order chi connectivity index (χ1) is 13.8. The molecule has 5 nitrogen and oxygen atoms in total. The molecule has 0 fully saturated rings. The van der Waals surface area contributed by atoms with Crippen LogP contribution in [0.1, 0.15) is 16.8 Å². The predicted octanol–water partition coefficient (Wildman–Crippen LogP) is 4.70. The molecule has 2 heterocycles. The molecule has 29 heavy (non-hydrogen) atoms. The van der Waals surface area contributed by atoms with E-state index >= 15 is 0 Å². The van der Waals surface area contributed by atoms with Gasteiger partial charge in [0.25, 0.3) is 0 Å². The maximum Gasteiger partial charge on any atom is 0.416 e. The molecule has 148 valence electrons. The molecule has 0 bridgehead atoms. The fourth-order valence-electron chi connectivity index (χ4n) is 3.03. The maximum atomic E-state index is 12.9. The minimum atomic E-state index is -4.40. The van der Waals surface area contributed by atoms with Gasteiger partial charge >= 0.3 is 11.9 Å². The Labute approximate surface area is 167 Å². The largest absolute Gasteiger partial charge is 0.416 e. The standard InChI is InChI=1S/C20H15F3N4OS/c1-12-16(14-7-3-2-4-8-14)17-24-18(25-19(28)27(17)26-12)29-11-13-6-5-9-15(10-13)20(21,22)23/h2-10H,11H2,1H3,(H,24,25,28). The van der Waals surface area contributed by atoms with E-state index in [0.29, 0.717) is 22.1 Å². The zero-order valence-corrected chi connectivity index (χ0v) is 16.0. The summed E-state index contributed by atoms with van der Waals surface area (Å²) in [7, 11) is 0. The molecule has 0 aliphatic carbocycles. The number of thioether (sulfide) groups is 1. The molecule has 2 aromatic heterocycles. The summed E-state index contributed by atoms with van der Waals surface area (Å²) in [5, 5.41) is 4.58. The number of hydrogen-bond donors (Lipinski definition) is 1. The van der Waals surface area contributed by atoms with Gasteiger partial charge in [0.2, 0.25) is 0 Å². The molecule has 0 amide bonds. The molecule has 0 spiro atoms. The Kier molecular flexibility index (Phi) is 4.91. The first kappa shape index (κ1) is 19.3. The highest BCUT2D eigenvalue weighted by Gasteiger charge is 2.30. The van der Waals surface area contributed by atoms with E-state index in [2.05, 4.69) is 15.1 Å². The van der Waals surface area contributed by atoms with Crippen molar-refractivity contribution < 1.29 is 13.2 Å². The zero-order valence-electron chi connectivity index (χ0n) is 15.2. The third-order valence-electron chi connectivity index (χ3n) is 4.34. The normalized spacial score (nSPS) is 11.9. The van der Waals surface area contributed by atoms with Crippen LogP contribution in [-0.4, -0.2) is 19.6 Å². The minimum absolute atomic E-state index is 0.233. The second kappa shape index (κ2) is 7.40. The Morgan fingerprint density at radius 2 is 1.86 bits per heavy atom. The van der Waals surface area contributed by atoms with Gasteiger partial charge in [0.1, 0.15) is 0 Å². The highest BCUT2D eigenvalue weighted by Crippen LogP contribution is 2.31. The number of nitrogens with one attached hydrogen (secondary N) is 1. The van der Waals surface area contributed by atoms with Crippen LogP contribution in [0.2, 0.25) is 0 Å². The first-order valence-corrected chi connectivity index (χ1v) is 9.65. The summed E-state index contributed by atoms with van der Waals surface area (Å²) >= 11 is 1.16. The number of aromatic amines is 1. The number of fused-ring (bicyclic) bond motifs is 1. The van der Waals surface area contributed by atoms with Gasteiger partial charge < -0.3 is 0 Å². The highest BCUT2D eigenvalue weighted by atomic mass is 32.2. The van der Waals surface area contributed by atoms with Crippen LogP contribution in [0.3, 0.4) is 0 Å². The minimum Gasteiger partial charge on any atom is -0.285 e. The van der Waals surface area contributed by atoms with Crippen LogP contribution in [0, 0.1) is 6.92 Å². The number of rotatable bonds is 4. The van der Waals surface area contributed by atoms with Crippen LogP contribution in [-0.2, 0) is 11.9 Å². The van der Waals surface area contributed by atoms with Gasteiger partial charge in [-0.2, -0.15) is 22.8 Å². The smallest absolute Gasteiger partial charge is 0.285 e. The van der Waals surface area contributed by atoms with Crippen LogP contribution >= 0.6 is 11.8 Å². The zero-order chi connectivity index (χ0) is 20.6. The monoisotopic (exact) mass is 416 g/mol. The maximum absolute atomic E-state index is 12.9. The van der Waals surface area contributed by atoms with E-state index in [1.165, 1.54) is 10.6 Å². The van der Waals surface area contributed by atoms with Crippen molar-refractivity contribution in [2.75, 3.05) is 0 Å². The van der Waals surface area contributed by atoms with Gasteiger partial charge in [-0.05, 0) is 24.1 Å². The van der Waals surface area contributed by atoms with Gasteiger partial charge in [-0.1, -0.05) is 60.3 Å². The number of halogens is 3. The van der Waals surface area contributed by atoms with E-state index in [4.69, 9.17) is 0 Å². The molecular formula is C20H15F3N4OS. The lowest BCUT2D eigenvalue weighted by Gasteiger charge is -2.08. The van der Waals surface area contributed by atoms with Crippen LogP contribution in [0.4, 0.5) is 13.2 Å². The second-order valence-electron chi connectivity index (χ2n) is 6.40. The van der Waals surface area contributed by atoms with Crippen molar-refractivity contribution in [3.8, 4) is 11.1 Å². The topological polar surface area (TPSA) is 63.1 Å². The fourth-order valence-corrected chi connectivity index (χ4v) is 3.82. The Bertz CT molecular complexity index is 1230. The number of aromatic nitrogens is 4. The molecule has 0 aliphatic rings. The van der Waals surface area contributed by atoms with E-state index in [1.54, 1.807) is 13.0 Å². The van der Waals surface area contributed by atoms with Crippen molar-refractivity contribution in [1.82, 2.24) is 19.6 Å². The summed E-state index contributed by atoms with van der Waals surface area (Å²) in [6, 6.07) is 14.6. The third-order valence-corrected chi connectivity index (χ3v) is 5.29. The molecule has 0 unspecified atom stereocenters. The average molecular weight is 416 g/mol. The van der Waals surface area contributed by atoms with Gasteiger partial charge in [0.05, 0.1) is 11.3 Å². The lowest BCUT2D eigenvalue weighted by Crippen LogP contribution is -2.19. The Hall–Kier alpha value is -3.07. The number of H-pyrrole nitrogens is 1. The van der Waals surface area contributed by atoms with Crippen LogP contribution in [0.15, 0.2) is 64.5 Å². The molecule has 0 saturated carbocycles. The summed E-state index contributed by atoms with van der Waals surface area (Å²) in [5.74, 6) is 0.233. The highest BCUT2D eigenvalue weighted by molar-refractivity contribution is 7.98. The Morgan fingerprint density at radius 3 is 2.59 bits per heavy atom. The Balaban J connectivity index is 1.68. The summed E-state index contributed by atoms with van der Waals surface area (Å²) in [5.41, 5.74) is 2.03. The molecule has 0 aliphatic heterocycles. The molecular weight excluding hydrogens is 401 g/mol. The molecule has 0 atom stereocenters. The number of hydrogen-bond acceptors (Lipinski definition) is 4. The molecule has 9 heteroatoms. The number of aryl methyl sites for hydroxylation is 1. The number of benzene rings is 2. The van der Waals surface area contributed by atoms with Crippen molar-refractivity contribution in [3.63, 3.8) is 0 Å². The summed E-state index contributed by atoms with van der Waals surface area (Å²) in [4.78, 5) is 19.6. The second-order valence-corrected chi connectivity index (χ2v) is 7.36. The third kappa shape index (κ3) is 3.91. The van der Waals surface area contributed by atoms with Crippen LogP contribution in [0.5, 0.6) is 0 Å². The average Bonchev–Trinajstić information content (AvgIpc) is 3.03. The van der Waals surface area contributed by atoms with Crippen molar-refractivity contribution in [1.29, 1.82) is 0 Å². The van der Waals surface area contributed by atoms with E-state index in [1.807, 2.05) is 30.3 Å². The summed E-state index contributed by atoms with van der Waals surface area (Å²) in [6.45, 7) is 1.80. The molecule has 0 saturated heterocycles. The predicted molar refractivity (Wildman–Crippen MR) is 105 cm³/mol. The van der Waals surface area contributed by atoms with Crippen molar-refractivity contribution in [2.45, 2.75) is 24.0 Å². The molecule has 2 aromatic carbocycles. The van der Waals surface area contributed by atoms with Crippen molar-refractivity contribution >= 4 is 17.4 Å². The van der Waals surface area contributed by atoms with Crippen molar-refractivity contribution in [2.24, 2.45) is 0 Å². The van der Waals surface area contributed by atoms with E-state index in [-0.39, 0.29) is 5.75 Å². The van der Waals surface area contributed by atoms with E-state index in [0.717, 1.165) is 35.0 Å². The molecule has 0 radical (unpaired) electrons. The lowest BCUT2D eigenvalue weighted by molar-refractivity contribution is -0.137. The quantitative estimate of drug-likeness (QED) is 0.490. The SMILES string of the molecule is Cc1nn2c(=O)[nH]c(SCc3cccc(C(F)(F)F)c3)nc2c1-c1ccccc1. The summed E-state index contributed by atoms with van der Waals surface area (Å²) in [6.07, 6.45) is -4.40. The van der Waals surface area contributed by atoms with Gasteiger partial charge in [0.15, 0.2) is 10.8 Å². The van der Waals surface area contributed by atoms with Gasteiger partial charge in [0, 0.05) is 11.3 Å². The van der Waals surface area contributed by atoms with Crippen LogP contribution < -0.4 is 5.69 Å². The number of alkyl halides is 3. The molecule has 4 rings (SSSR count).